The van der Waals surface area contributed by atoms with Gasteiger partial charge in [0.15, 0.2) is 0 Å². The molecule has 0 radical (unpaired) electrons. The Bertz CT molecular complexity index is 801. The number of rotatable bonds is 5. The summed E-state index contributed by atoms with van der Waals surface area (Å²) < 4.78 is 5.57. The molecule has 0 aliphatic carbocycles. The van der Waals surface area contributed by atoms with Gasteiger partial charge in [-0.05, 0) is 17.2 Å². The van der Waals surface area contributed by atoms with Crippen molar-refractivity contribution in [1.29, 1.82) is 0 Å². The maximum atomic E-state index is 11.2. The molecule has 26 heavy (non-hydrogen) atoms. The number of nitro benzene ring substituents is 1. The summed E-state index contributed by atoms with van der Waals surface area (Å²) in [6.07, 6.45) is 1.01. The maximum Gasteiger partial charge on any atom is 0.273 e. The number of nitrogens with zero attached hydrogens (tertiary/aromatic N) is 3. The molecule has 2 aliphatic rings. The molecule has 0 unspecified atom stereocenters. The summed E-state index contributed by atoms with van der Waals surface area (Å²) in [6.45, 7) is 6.21. The lowest BCUT2D eigenvalue weighted by molar-refractivity contribution is -0.385. The predicted octanol–water partition coefficient (Wildman–Crippen LogP) is 2.85. The van der Waals surface area contributed by atoms with Crippen LogP contribution in [0.3, 0.4) is 0 Å². The van der Waals surface area contributed by atoms with Crippen molar-refractivity contribution in [3.8, 4) is 5.75 Å². The van der Waals surface area contributed by atoms with Crippen molar-refractivity contribution in [3.05, 3.63) is 69.3 Å². The normalized spacial score (nSPS) is 17.7. The van der Waals surface area contributed by atoms with E-state index in [4.69, 9.17) is 4.74 Å². The van der Waals surface area contributed by atoms with Crippen molar-refractivity contribution in [2.24, 2.45) is 0 Å². The minimum atomic E-state index is -0.289. The fourth-order valence-electron chi connectivity index (χ4n) is 3.77. The smallest absolute Gasteiger partial charge is 0.273 e. The Morgan fingerprint density at radius 1 is 1.00 bits per heavy atom. The van der Waals surface area contributed by atoms with Crippen molar-refractivity contribution in [3.63, 3.8) is 0 Å². The fourth-order valence-corrected chi connectivity index (χ4v) is 3.77. The summed E-state index contributed by atoms with van der Waals surface area (Å²) >= 11 is 0. The van der Waals surface area contributed by atoms with Gasteiger partial charge in [-0.2, -0.15) is 0 Å². The molecule has 4 rings (SSSR count). The Morgan fingerprint density at radius 2 is 1.73 bits per heavy atom. The quantitative estimate of drug-likeness (QED) is 0.611. The molecule has 136 valence electrons. The van der Waals surface area contributed by atoms with Crippen molar-refractivity contribution in [1.82, 2.24) is 9.80 Å². The van der Waals surface area contributed by atoms with Crippen LogP contribution in [0.1, 0.15) is 16.7 Å². The topological polar surface area (TPSA) is 58.9 Å². The van der Waals surface area contributed by atoms with Gasteiger partial charge in [-0.25, -0.2) is 0 Å². The molecule has 6 heteroatoms. The first kappa shape index (κ1) is 17.0. The second-order valence-electron chi connectivity index (χ2n) is 6.98. The van der Waals surface area contributed by atoms with Crippen LogP contribution >= 0.6 is 0 Å². The molecule has 0 bridgehead atoms. The van der Waals surface area contributed by atoms with E-state index in [-0.39, 0.29) is 10.6 Å². The van der Waals surface area contributed by atoms with Gasteiger partial charge in [-0.3, -0.25) is 19.9 Å². The van der Waals surface area contributed by atoms with Gasteiger partial charge in [-0.1, -0.05) is 30.3 Å². The van der Waals surface area contributed by atoms with Crippen LogP contribution in [-0.2, 0) is 19.5 Å². The second kappa shape index (κ2) is 7.43. The number of hydrogen-bond acceptors (Lipinski definition) is 5. The van der Waals surface area contributed by atoms with E-state index in [0.29, 0.717) is 6.54 Å². The van der Waals surface area contributed by atoms with Gasteiger partial charge >= 0.3 is 0 Å². The number of fused-ring (bicyclic) bond motifs is 1. The average Bonchev–Trinajstić information content (AvgIpc) is 3.11. The standard InChI is InChI=1S/C20H23N3O3/c24-23(25)19-4-2-1-3-18(19)15-22-10-8-21(9-11-22)14-16-5-6-20-17(13-16)7-12-26-20/h1-6,13H,7-12,14-15H2. The van der Waals surface area contributed by atoms with Crippen LogP contribution in [0.25, 0.3) is 0 Å². The zero-order valence-electron chi connectivity index (χ0n) is 14.8. The van der Waals surface area contributed by atoms with E-state index in [9.17, 15) is 10.1 Å². The Kier molecular flexibility index (Phi) is 4.86. The molecule has 1 fully saturated rings. The molecular formula is C20H23N3O3. The Balaban J connectivity index is 1.32. The van der Waals surface area contributed by atoms with E-state index in [2.05, 4.69) is 28.0 Å². The third-order valence-electron chi connectivity index (χ3n) is 5.21. The zero-order valence-corrected chi connectivity index (χ0v) is 14.8. The first-order valence-corrected chi connectivity index (χ1v) is 9.10. The van der Waals surface area contributed by atoms with Crippen molar-refractivity contribution < 1.29 is 9.66 Å². The number of ether oxygens (including phenoxy) is 1. The van der Waals surface area contributed by atoms with Gasteiger partial charge in [-0.15, -0.1) is 0 Å². The van der Waals surface area contributed by atoms with Gasteiger partial charge < -0.3 is 4.74 Å². The van der Waals surface area contributed by atoms with Gasteiger partial charge in [0.1, 0.15) is 5.75 Å². The van der Waals surface area contributed by atoms with Gasteiger partial charge in [0.25, 0.3) is 5.69 Å². The highest BCUT2D eigenvalue weighted by molar-refractivity contribution is 5.40. The lowest BCUT2D eigenvalue weighted by Crippen LogP contribution is -2.45. The van der Waals surface area contributed by atoms with Gasteiger partial charge in [0.2, 0.25) is 0 Å². The molecule has 0 spiro atoms. The van der Waals surface area contributed by atoms with Crippen LogP contribution in [0.4, 0.5) is 5.69 Å². The SMILES string of the molecule is O=[N+]([O-])c1ccccc1CN1CCN(Cc2ccc3c(c2)CCO3)CC1. The second-order valence-corrected chi connectivity index (χ2v) is 6.98. The highest BCUT2D eigenvalue weighted by atomic mass is 16.6. The van der Waals surface area contributed by atoms with Gasteiger partial charge in [0, 0.05) is 57.3 Å². The monoisotopic (exact) mass is 353 g/mol. The minimum Gasteiger partial charge on any atom is -0.493 e. The van der Waals surface area contributed by atoms with E-state index in [0.717, 1.165) is 57.1 Å². The molecule has 6 nitrogen and oxygen atoms in total. The van der Waals surface area contributed by atoms with Crippen LogP contribution in [-0.4, -0.2) is 47.5 Å². The van der Waals surface area contributed by atoms with Crippen molar-refractivity contribution >= 4 is 5.69 Å². The summed E-state index contributed by atoms with van der Waals surface area (Å²) in [5.41, 5.74) is 3.67. The summed E-state index contributed by atoms with van der Waals surface area (Å²) in [6, 6.07) is 13.5. The van der Waals surface area contributed by atoms with Crippen LogP contribution in [0.5, 0.6) is 5.75 Å². The molecule has 2 aromatic rings. The fraction of sp³-hybridized carbons (Fsp3) is 0.400. The molecule has 0 N–H and O–H groups in total. The Morgan fingerprint density at radius 3 is 2.50 bits per heavy atom. The predicted molar refractivity (Wildman–Crippen MR) is 99.3 cm³/mol. The van der Waals surface area contributed by atoms with Crippen LogP contribution in [0, 0.1) is 10.1 Å². The summed E-state index contributed by atoms with van der Waals surface area (Å²) in [5.74, 6) is 1.03. The number of piperazine rings is 1. The molecule has 0 saturated carbocycles. The molecule has 0 amide bonds. The zero-order chi connectivity index (χ0) is 17.9. The average molecular weight is 353 g/mol. The summed E-state index contributed by atoms with van der Waals surface area (Å²) in [5, 5.41) is 11.2. The van der Waals surface area contributed by atoms with E-state index in [1.54, 1.807) is 12.1 Å². The molecule has 2 heterocycles. The van der Waals surface area contributed by atoms with E-state index in [1.807, 2.05) is 12.1 Å². The third kappa shape index (κ3) is 3.71. The van der Waals surface area contributed by atoms with Crippen LogP contribution in [0.15, 0.2) is 42.5 Å². The van der Waals surface area contributed by atoms with Gasteiger partial charge in [0.05, 0.1) is 11.5 Å². The van der Waals surface area contributed by atoms with Crippen molar-refractivity contribution in [2.45, 2.75) is 19.5 Å². The van der Waals surface area contributed by atoms with Crippen molar-refractivity contribution in [2.75, 3.05) is 32.8 Å². The van der Waals surface area contributed by atoms with Crippen LogP contribution < -0.4 is 4.74 Å². The molecule has 1 saturated heterocycles. The first-order valence-electron chi connectivity index (χ1n) is 9.10. The Labute approximate surface area is 153 Å². The molecular weight excluding hydrogens is 330 g/mol. The molecule has 0 aromatic heterocycles. The van der Waals surface area contributed by atoms with E-state index >= 15 is 0 Å². The number of hydrogen-bond donors (Lipinski definition) is 0. The largest absolute Gasteiger partial charge is 0.493 e. The van der Waals surface area contributed by atoms with E-state index < -0.39 is 0 Å². The Hall–Kier alpha value is -2.44. The van der Waals surface area contributed by atoms with Crippen LogP contribution in [0.2, 0.25) is 0 Å². The lowest BCUT2D eigenvalue weighted by atomic mass is 10.1. The first-order chi connectivity index (χ1) is 12.7. The highest BCUT2D eigenvalue weighted by Crippen LogP contribution is 2.26. The third-order valence-corrected chi connectivity index (χ3v) is 5.21. The molecule has 0 atom stereocenters. The lowest BCUT2D eigenvalue weighted by Gasteiger charge is -2.34. The summed E-state index contributed by atoms with van der Waals surface area (Å²) in [7, 11) is 0. The summed E-state index contributed by atoms with van der Waals surface area (Å²) in [4.78, 5) is 15.6. The highest BCUT2D eigenvalue weighted by Gasteiger charge is 2.21. The molecule has 2 aromatic carbocycles. The minimum absolute atomic E-state index is 0.218. The number of benzene rings is 2. The molecule has 2 aliphatic heterocycles. The van der Waals surface area contributed by atoms with E-state index in [1.165, 1.54) is 11.1 Å². The maximum absolute atomic E-state index is 11.2. The number of nitro groups is 1. The number of para-hydroxylation sites is 1.